The van der Waals surface area contributed by atoms with Crippen molar-refractivity contribution in [3.63, 3.8) is 0 Å². The van der Waals surface area contributed by atoms with Gasteiger partial charge in [0, 0.05) is 18.7 Å². The molecule has 0 unspecified atom stereocenters. The third-order valence-corrected chi connectivity index (χ3v) is 3.51. The van der Waals surface area contributed by atoms with Gasteiger partial charge in [-0.25, -0.2) is 0 Å². The van der Waals surface area contributed by atoms with E-state index in [1.807, 2.05) is 19.1 Å². The molecule has 1 rings (SSSR count). The Labute approximate surface area is 162 Å². The van der Waals surface area contributed by atoms with Gasteiger partial charge in [-0.1, -0.05) is 31.9 Å². The zero-order valence-corrected chi connectivity index (χ0v) is 17.0. The Morgan fingerprint density at radius 1 is 1.12 bits per heavy atom. The molecular weight excluding hydrogens is 417 g/mol. The molecular formula is C18H30IN3O2. The smallest absolute Gasteiger partial charge is 0.305 e. The third-order valence-electron chi connectivity index (χ3n) is 3.51. The number of esters is 1. The van der Waals surface area contributed by atoms with Crippen molar-refractivity contribution in [3.05, 3.63) is 29.8 Å². The molecule has 0 aliphatic rings. The van der Waals surface area contributed by atoms with Gasteiger partial charge in [0.05, 0.1) is 6.61 Å². The second-order valence-electron chi connectivity index (χ2n) is 5.41. The Morgan fingerprint density at radius 3 is 2.42 bits per heavy atom. The zero-order valence-electron chi connectivity index (χ0n) is 14.7. The molecule has 0 saturated heterocycles. The Hall–Kier alpha value is -1.31. The predicted molar refractivity (Wildman–Crippen MR) is 111 cm³/mol. The molecule has 136 valence electrons. The number of aryl methyl sites for hydroxylation is 1. The van der Waals surface area contributed by atoms with Crippen LogP contribution in [0, 0.1) is 0 Å². The van der Waals surface area contributed by atoms with Gasteiger partial charge >= 0.3 is 5.97 Å². The van der Waals surface area contributed by atoms with Gasteiger partial charge in [-0.3, -0.25) is 9.79 Å². The number of aliphatic imine (C=N–C) groups is 1. The average Bonchev–Trinajstić information content (AvgIpc) is 2.55. The van der Waals surface area contributed by atoms with E-state index in [-0.39, 0.29) is 29.9 Å². The van der Waals surface area contributed by atoms with Crippen LogP contribution in [0.5, 0.6) is 0 Å². The summed E-state index contributed by atoms with van der Waals surface area (Å²) in [5.74, 6) is 0.342. The molecule has 0 aromatic heterocycles. The average molecular weight is 447 g/mol. The highest BCUT2D eigenvalue weighted by atomic mass is 127. The molecule has 0 aliphatic heterocycles. The van der Waals surface area contributed by atoms with Gasteiger partial charge in [0.15, 0.2) is 5.96 Å². The molecule has 0 bridgehead atoms. The highest BCUT2D eigenvalue weighted by Crippen LogP contribution is 2.09. The van der Waals surface area contributed by atoms with Crippen LogP contribution in [0.2, 0.25) is 0 Å². The first-order valence-electron chi connectivity index (χ1n) is 8.47. The summed E-state index contributed by atoms with van der Waals surface area (Å²) in [6.07, 6.45) is 5.44. The number of ether oxygens (including phenoxy) is 1. The number of rotatable bonds is 10. The van der Waals surface area contributed by atoms with E-state index < -0.39 is 0 Å². The summed E-state index contributed by atoms with van der Waals surface area (Å²) in [6.45, 7) is 5.11. The Kier molecular flexibility index (Phi) is 13.3. The summed E-state index contributed by atoms with van der Waals surface area (Å²) in [6, 6.07) is 8.19. The minimum absolute atomic E-state index is 0. The van der Waals surface area contributed by atoms with E-state index in [1.54, 1.807) is 0 Å². The van der Waals surface area contributed by atoms with Gasteiger partial charge in [0.2, 0.25) is 0 Å². The van der Waals surface area contributed by atoms with Crippen molar-refractivity contribution in [1.29, 1.82) is 0 Å². The van der Waals surface area contributed by atoms with Crippen molar-refractivity contribution in [1.82, 2.24) is 0 Å². The second-order valence-corrected chi connectivity index (χ2v) is 5.41. The highest BCUT2D eigenvalue weighted by Gasteiger charge is 2.00. The molecule has 0 aliphatic carbocycles. The lowest BCUT2D eigenvalue weighted by atomic mass is 10.1. The van der Waals surface area contributed by atoms with Crippen LogP contribution in [0.1, 0.15) is 51.5 Å². The normalized spacial score (nSPS) is 10.8. The van der Waals surface area contributed by atoms with Crippen LogP contribution >= 0.6 is 24.0 Å². The van der Waals surface area contributed by atoms with E-state index in [1.165, 1.54) is 5.56 Å². The van der Waals surface area contributed by atoms with Crippen molar-refractivity contribution in [3.8, 4) is 0 Å². The molecule has 0 radical (unpaired) electrons. The lowest BCUT2D eigenvalue weighted by Gasteiger charge is -2.06. The maximum Gasteiger partial charge on any atom is 0.305 e. The van der Waals surface area contributed by atoms with Gasteiger partial charge in [-0.05, 0) is 43.9 Å². The van der Waals surface area contributed by atoms with Crippen molar-refractivity contribution < 1.29 is 9.53 Å². The molecule has 0 amide bonds. The summed E-state index contributed by atoms with van der Waals surface area (Å²) in [4.78, 5) is 15.5. The second kappa shape index (κ2) is 14.1. The Morgan fingerprint density at radius 2 is 1.79 bits per heavy atom. The largest absolute Gasteiger partial charge is 0.466 e. The molecule has 6 heteroatoms. The third kappa shape index (κ3) is 10.5. The molecule has 1 aromatic carbocycles. The number of nitrogens with one attached hydrogen (secondary N) is 1. The molecule has 24 heavy (non-hydrogen) atoms. The van der Waals surface area contributed by atoms with Gasteiger partial charge in [-0.15, -0.1) is 24.0 Å². The quantitative estimate of drug-likeness (QED) is 0.186. The fraction of sp³-hybridized carbons (Fsp3) is 0.556. The Balaban J connectivity index is 0.00000529. The summed E-state index contributed by atoms with van der Waals surface area (Å²) in [5, 5.41) is 3.09. The van der Waals surface area contributed by atoms with Crippen LogP contribution in [0.25, 0.3) is 0 Å². The fourth-order valence-electron chi connectivity index (χ4n) is 2.18. The van der Waals surface area contributed by atoms with E-state index in [0.717, 1.165) is 37.8 Å². The van der Waals surface area contributed by atoms with Crippen molar-refractivity contribution in [2.45, 2.75) is 52.4 Å². The first kappa shape index (κ1) is 22.7. The minimum atomic E-state index is -0.104. The van der Waals surface area contributed by atoms with Crippen molar-refractivity contribution in [2.75, 3.05) is 18.5 Å². The van der Waals surface area contributed by atoms with Crippen molar-refractivity contribution >= 4 is 41.6 Å². The number of anilines is 1. The molecule has 0 atom stereocenters. The van der Waals surface area contributed by atoms with Gasteiger partial charge in [0.1, 0.15) is 0 Å². The summed E-state index contributed by atoms with van der Waals surface area (Å²) in [5.41, 5.74) is 8.12. The van der Waals surface area contributed by atoms with Gasteiger partial charge in [-0.2, -0.15) is 0 Å². The lowest BCUT2D eigenvalue weighted by Crippen LogP contribution is -2.22. The van der Waals surface area contributed by atoms with Gasteiger partial charge < -0.3 is 15.8 Å². The van der Waals surface area contributed by atoms with E-state index in [0.29, 0.717) is 25.5 Å². The number of nitrogens with zero attached hydrogens (tertiary/aromatic N) is 1. The van der Waals surface area contributed by atoms with Crippen LogP contribution in [0.4, 0.5) is 5.69 Å². The van der Waals surface area contributed by atoms with Gasteiger partial charge in [0.25, 0.3) is 0 Å². The number of guanidine groups is 1. The van der Waals surface area contributed by atoms with Crippen LogP contribution < -0.4 is 11.1 Å². The number of halogens is 1. The zero-order chi connectivity index (χ0) is 16.9. The van der Waals surface area contributed by atoms with Crippen LogP contribution in [0.3, 0.4) is 0 Å². The van der Waals surface area contributed by atoms with Crippen LogP contribution in [-0.4, -0.2) is 25.1 Å². The monoisotopic (exact) mass is 447 g/mol. The molecule has 5 nitrogen and oxygen atoms in total. The predicted octanol–water partition coefficient (Wildman–Crippen LogP) is 4.11. The highest BCUT2D eigenvalue weighted by molar-refractivity contribution is 14.0. The molecule has 0 spiro atoms. The summed E-state index contributed by atoms with van der Waals surface area (Å²) < 4.78 is 4.89. The number of benzene rings is 1. The van der Waals surface area contributed by atoms with E-state index in [9.17, 15) is 4.79 Å². The summed E-state index contributed by atoms with van der Waals surface area (Å²) >= 11 is 0. The number of unbranched alkanes of at least 4 members (excludes halogenated alkanes) is 3. The Bertz CT molecular complexity index is 490. The minimum Gasteiger partial charge on any atom is -0.466 e. The molecule has 0 fully saturated rings. The maximum absolute atomic E-state index is 11.2. The number of hydrogen-bond donors (Lipinski definition) is 2. The molecule has 0 saturated carbocycles. The standard InChI is InChI=1S/C18H29N3O2.HI/c1-3-15-10-12-16(13-11-15)21-18(19)20-14-8-6-5-7-9-17(22)23-4-2;/h10-13H,3-9,14H2,1-2H3,(H3,19,20,21);1H. The number of carbonyl (C=O) groups is 1. The fourth-order valence-corrected chi connectivity index (χ4v) is 2.18. The molecule has 1 aromatic rings. The molecule has 3 N–H and O–H groups in total. The van der Waals surface area contributed by atoms with E-state index in [4.69, 9.17) is 10.5 Å². The van der Waals surface area contributed by atoms with E-state index >= 15 is 0 Å². The SMILES string of the molecule is CCOC(=O)CCCCCCN=C(N)Nc1ccc(CC)cc1.I. The number of carbonyl (C=O) groups excluding carboxylic acids is 1. The van der Waals surface area contributed by atoms with Crippen LogP contribution in [0.15, 0.2) is 29.3 Å². The number of hydrogen-bond acceptors (Lipinski definition) is 3. The molecule has 0 heterocycles. The summed E-state index contributed by atoms with van der Waals surface area (Å²) in [7, 11) is 0. The van der Waals surface area contributed by atoms with Crippen molar-refractivity contribution in [2.24, 2.45) is 10.7 Å². The number of nitrogens with two attached hydrogens (primary N) is 1. The van der Waals surface area contributed by atoms with E-state index in [2.05, 4.69) is 29.4 Å². The first-order chi connectivity index (χ1) is 11.2. The maximum atomic E-state index is 11.2. The first-order valence-corrected chi connectivity index (χ1v) is 8.47. The van der Waals surface area contributed by atoms with Crippen LogP contribution in [-0.2, 0) is 16.0 Å². The lowest BCUT2D eigenvalue weighted by molar-refractivity contribution is -0.143. The topological polar surface area (TPSA) is 76.7 Å².